The highest BCUT2D eigenvalue weighted by atomic mass is 35.5. The standard InChI is InChI=1S/C16H26ClFN2/c1-11(10-16(2,3)4)8-12(20-19)9-13-14(17)6-5-7-15(13)18/h5-7,11-12,20H,8-10,19H2,1-4H3. The molecular formula is C16H26ClFN2. The van der Waals surface area contributed by atoms with Crippen LogP contribution in [-0.2, 0) is 6.42 Å². The number of hydrazine groups is 1. The van der Waals surface area contributed by atoms with Crippen molar-refractivity contribution in [3.8, 4) is 0 Å². The quantitative estimate of drug-likeness (QED) is 0.606. The van der Waals surface area contributed by atoms with Gasteiger partial charge in [-0.05, 0) is 42.7 Å². The van der Waals surface area contributed by atoms with Crippen LogP contribution >= 0.6 is 11.6 Å². The molecule has 1 aromatic rings. The number of halogens is 2. The molecule has 0 aliphatic carbocycles. The van der Waals surface area contributed by atoms with Gasteiger partial charge in [-0.25, -0.2) is 4.39 Å². The van der Waals surface area contributed by atoms with Crippen LogP contribution in [0.25, 0.3) is 0 Å². The number of hydrogen-bond donors (Lipinski definition) is 2. The van der Waals surface area contributed by atoms with Crippen LogP contribution in [0.4, 0.5) is 4.39 Å². The lowest BCUT2D eigenvalue weighted by molar-refractivity contribution is 0.274. The zero-order valence-electron chi connectivity index (χ0n) is 12.8. The molecule has 114 valence electrons. The van der Waals surface area contributed by atoms with Gasteiger partial charge in [-0.3, -0.25) is 11.3 Å². The molecule has 3 N–H and O–H groups in total. The van der Waals surface area contributed by atoms with Gasteiger partial charge in [0.05, 0.1) is 0 Å². The van der Waals surface area contributed by atoms with E-state index < -0.39 is 0 Å². The molecule has 1 aromatic carbocycles. The van der Waals surface area contributed by atoms with Crippen LogP contribution in [0.1, 0.15) is 46.1 Å². The molecular weight excluding hydrogens is 275 g/mol. The fraction of sp³-hybridized carbons (Fsp3) is 0.625. The first-order valence-electron chi connectivity index (χ1n) is 7.12. The number of benzene rings is 1. The Morgan fingerprint density at radius 3 is 2.50 bits per heavy atom. The summed E-state index contributed by atoms with van der Waals surface area (Å²) in [6, 6.07) is 4.80. The molecule has 0 saturated heterocycles. The normalized spacial score (nSPS) is 15.2. The second-order valence-corrected chi connectivity index (χ2v) is 7.28. The lowest BCUT2D eigenvalue weighted by Gasteiger charge is -2.26. The zero-order valence-corrected chi connectivity index (χ0v) is 13.6. The van der Waals surface area contributed by atoms with Crippen molar-refractivity contribution >= 4 is 11.6 Å². The molecule has 0 aromatic heterocycles. The number of nitrogens with one attached hydrogen (secondary N) is 1. The molecule has 0 heterocycles. The highest BCUT2D eigenvalue weighted by molar-refractivity contribution is 6.31. The van der Waals surface area contributed by atoms with Crippen molar-refractivity contribution in [1.29, 1.82) is 0 Å². The van der Waals surface area contributed by atoms with Gasteiger partial charge in [0, 0.05) is 16.6 Å². The first-order valence-corrected chi connectivity index (χ1v) is 7.49. The number of rotatable bonds is 6. The molecule has 0 aliphatic rings. The van der Waals surface area contributed by atoms with Crippen molar-refractivity contribution in [2.45, 2.75) is 53.0 Å². The Morgan fingerprint density at radius 2 is 2.00 bits per heavy atom. The Bertz CT molecular complexity index is 409. The van der Waals surface area contributed by atoms with Crippen molar-refractivity contribution < 1.29 is 4.39 Å². The lowest BCUT2D eigenvalue weighted by atomic mass is 9.82. The van der Waals surface area contributed by atoms with E-state index in [2.05, 4.69) is 33.1 Å². The number of nitrogens with two attached hydrogens (primary N) is 1. The van der Waals surface area contributed by atoms with E-state index in [9.17, 15) is 4.39 Å². The molecule has 20 heavy (non-hydrogen) atoms. The smallest absolute Gasteiger partial charge is 0.127 e. The molecule has 4 heteroatoms. The van der Waals surface area contributed by atoms with E-state index in [0.717, 1.165) is 12.8 Å². The Labute approximate surface area is 126 Å². The lowest BCUT2D eigenvalue weighted by Crippen LogP contribution is -2.38. The average molecular weight is 301 g/mol. The second kappa shape index (κ2) is 7.39. The summed E-state index contributed by atoms with van der Waals surface area (Å²) < 4.78 is 13.8. The summed E-state index contributed by atoms with van der Waals surface area (Å²) in [5.41, 5.74) is 3.62. The Kier molecular flexibility index (Phi) is 6.44. The molecule has 0 bridgehead atoms. The monoisotopic (exact) mass is 300 g/mol. The van der Waals surface area contributed by atoms with E-state index in [-0.39, 0.29) is 17.3 Å². The van der Waals surface area contributed by atoms with Gasteiger partial charge < -0.3 is 0 Å². The SMILES string of the molecule is CC(CC(Cc1c(F)cccc1Cl)NN)CC(C)(C)C. The number of hydrogen-bond acceptors (Lipinski definition) is 2. The molecule has 2 atom stereocenters. The summed E-state index contributed by atoms with van der Waals surface area (Å²) in [5, 5.41) is 0.466. The van der Waals surface area contributed by atoms with Crippen molar-refractivity contribution in [2.75, 3.05) is 0 Å². The topological polar surface area (TPSA) is 38.0 Å². The highest BCUT2D eigenvalue weighted by Gasteiger charge is 2.20. The summed E-state index contributed by atoms with van der Waals surface area (Å²) in [7, 11) is 0. The van der Waals surface area contributed by atoms with Gasteiger partial charge in [-0.15, -0.1) is 0 Å². The summed E-state index contributed by atoms with van der Waals surface area (Å²) in [6.45, 7) is 8.88. The summed E-state index contributed by atoms with van der Waals surface area (Å²) >= 11 is 6.06. The molecule has 0 spiro atoms. The van der Waals surface area contributed by atoms with Crippen LogP contribution in [0.15, 0.2) is 18.2 Å². The third-order valence-corrected chi connectivity index (χ3v) is 3.75. The predicted molar refractivity (Wildman–Crippen MR) is 84.1 cm³/mol. The van der Waals surface area contributed by atoms with Crippen molar-refractivity contribution in [1.82, 2.24) is 5.43 Å². The van der Waals surface area contributed by atoms with Crippen LogP contribution in [0.2, 0.25) is 5.02 Å². The van der Waals surface area contributed by atoms with Gasteiger partial charge in [0.15, 0.2) is 0 Å². The van der Waals surface area contributed by atoms with Gasteiger partial charge >= 0.3 is 0 Å². The molecule has 0 amide bonds. The Hall–Kier alpha value is -0.640. The van der Waals surface area contributed by atoms with Crippen LogP contribution in [0.3, 0.4) is 0 Å². The third-order valence-electron chi connectivity index (χ3n) is 3.40. The predicted octanol–water partition coefficient (Wildman–Crippen LogP) is 4.32. The average Bonchev–Trinajstić information content (AvgIpc) is 2.30. The molecule has 0 fully saturated rings. The van der Waals surface area contributed by atoms with Crippen LogP contribution < -0.4 is 11.3 Å². The molecule has 2 nitrogen and oxygen atoms in total. The zero-order chi connectivity index (χ0) is 15.3. The second-order valence-electron chi connectivity index (χ2n) is 6.87. The molecule has 0 radical (unpaired) electrons. The maximum Gasteiger partial charge on any atom is 0.127 e. The van der Waals surface area contributed by atoms with E-state index in [4.69, 9.17) is 17.4 Å². The largest absolute Gasteiger partial charge is 0.271 e. The van der Waals surface area contributed by atoms with Crippen LogP contribution in [0, 0.1) is 17.2 Å². The third kappa shape index (κ3) is 5.78. The van der Waals surface area contributed by atoms with Crippen LogP contribution in [-0.4, -0.2) is 6.04 Å². The first kappa shape index (κ1) is 17.4. The van der Waals surface area contributed by atoms with E-state index in [1.54, 1.807) is 12.1 Å². The van der Waals surface area contributed by atoms with Gasteiger partial charge in [0.1, 0.15) is 5.82 Å². The van der Waals surface area contributed by atoms with E-state index in [1.807, 2.05) is 0 Å². The Morgan fingerprint density at radius 1 is 1.35 bits per heavy atom. The molecule has 0 saturated carbocycles. The summed E-state index contributed by atoms with van der Waals surface area (Å²) in [4.78, 5) is 0. The fourth-order valence-corrected chi connectivity index (χ4v) is 3.04. The summed E-state index contributed by atoms with van der Waals surface area (Å²) in [5.74, 6) is 5.87. The van der Waals surface area contributed by atoms with E-state index >= 15 is 0 Å². The highest BCUT2D eigenvalue weighted by Crippen LogP contribution is 2.28. The molecule has 0 aliphatic heterocycles. The maximum atomic E-state index is 13.8. The van der Waals surface area contributed by atoms with Crippen LogP contribution in [0.5, 0.6) is 0 Å². The van der Waals surface area contributed by atoms with Gasteiger partial charge in [-0.2, -0.15) is 0 Å². The van der Waals surface area contributed by atoms with Crippen molar-refractivity contribution in [3.63, 3.8) is 0 Å². The Balaban J connectivity index is 2.68. The first-order chi connectivity index (χ1) is 9.23. The van der Waals surface area contributed by atoms with Crippen molar-refractivity contribution in [3.05, 3.63) is 34.6 Å². The fourth-order valence-electron chi connectivity index (χ4n) is 2.80. The molecule has 1 rings (SSSR count). The van der Waals surface area contributed by atoms with Gasteiger partial charge in [0.25, 0.3) is 0 Å². The van der Waals surface area contributed by atoms with E-state index in [1.165, 1.54) is 6.07 Å². The van der Waals surface area contributed by atoms with Crippen molar-refractivity contribution in [2.24, 2.45) is 17.2 Å². The maximum absolute atomic E-state index is 13.8. The molecule has 2 unspecified atom stereocenters. The van der Waals surface area contributed by atoms with Gasteiger partial charge in [-0.1, -0.05) is 45.4 Å². The van der Waals surface area contributed by atoms with Gasteiger partial charge in [0.2, 0.25) is 0 Å². The minimum atomic E-state index is -0.263. The summed E-state index contributed by atoms with van der Waals surface area (Å²) in [6.07, 6.45) is 2.52. The van der Waals surface area contributed by atoms with E-state index in [0.29, 0.717) is 22.9 Å². The minimum absolute atomic E-state index is 0.0294. The minimum Gasteiger partial charge on any atom is -0.271 e.